The fourth-order valence-electron chi connectivity index (χ4n) is 1.56. The predicted molar refractivity (Wildman–Crippen MR) is 58.1 cm³/mol. The van der Waals surface area contributed by atoms with Crippen molar-refractivity contribution in [2.75, 3.05) is 31.4 Å². The van der Waals surface area contributed by atoms with Crippen LogP contribution in [0.5, 0.6) is 0 Å². The fraction of sp³-hybridized carbons (Fsp3) is 0.875. The first-order valence-corrected chi connectivity index (χ1v) is 6.91. The zero-order chi connectivity index (χ0) is 11.5. The van der Waals surface area contributed by atoms with Gasteiger partial charge in [0.05, 0.1) is 0 Å². The van der Waals surface area contributed by atoms with E-state index in [0.717, 1.165) is 0 Å². The molecule has 15 heavy (non-hydrogen) atoms. The molecule has 1 saturated heterocycles. The number of alkyl halides is 1. The molecule has 0 N–H and O–H groups in total. The summed E-state index contributed by atoms with van der Waals surface area (Å²) in [5.41, 5.74) is 0. The summed E-state index contributed by atoms with van der Waals surface area (Å²) < 4.78 is 24.3. The maximum atomic E-state index is 11.5. The molecule has 0 atom stereocenters. The highest BCUT2D eigenvalue weighted by Gasteiger charge is 2.24. The Labute approximate surface area is 95.0 Å². The van der Waals surface area contributed by atoms with Crippen molar-refractivity contribution < 1.29 is 13.2 Å². The number of hydrogen-bond acceptors (Lipinski definition) is 3. The first kappa shape index (κ1) is 12.7. The van der Waals surface area contributed by atoms with E-state index in [1.54, 1.807) is 4.90 Å². The summed E-state index contributed by atoms with van der Waals surface area (Å²) in [4.78, 5) is 12.8. The van der Waals surface area contributed by atoms with E-state index in [1.807, 2.05) is 0 Å². The Kier molecular flexibility index (Phi) is 4.36. The van der Waals surface area contributed by atoms with E-state index in [2.05, 4.69) is 0 Å². The number of hydrogen-bond donors (Lipinski definition) is 0. The van der Waals surface area contributed by atoms with Crippen molar-refractivity contribution in [1.82, 2.24) is 9.21 Å². The quantitative estimate of drug-likeness (QED) is 0.655. The number of nitrogens with zero attached hydrogens (tertiary/aromatic N) is 2. The fourth-order valence-corrected chi connectivity index (χ4v) is 2.87. The molecule has 0 aromatic carbocycles. The molecule has 5 nitrogen and oxygen atoms in total. The number of carbonyl (C=O) groups is 1. The summed E-state index contributed by atoms with van der Waals surface area (Å²) in [6.07, 6.45) is 0.662. The Morgan fingerprint density at radius 3 is 2.47 bits per heavy atom. The van der Waals surface area contributed by atoms with Crippen LogP contribution in [0.15, 0.2) is 0 Å². The van der Waals surface area contributed by atoms with Gasteiger partial charge in [0.2, 0.25) is 15.9 Å². The largest absolute Gasteiger partial charge is 0.342 e. The van der Waals surface area contributed by atoms with Gasteiger partial charge in [0.1, 0.15) is 5.21 Å². The van der Waals surface area contributed by atoms with Gasteiger partial charge < -0.3 is 4.90 Å². The molecule has 1 fully saturated rings. The molecule has 0 aromatic rings. The summed E-state index contributed by atoms with van der Waals surface area (Å²) >= 11 is 5.37. The molecule has 0 aliphatic carbocycles. The van der Waals surface area contributed by atoms with Crippen molar-refractivity contribution in [1.29, 1.82) is 0 Å². The predicted octanol–water partition coefficient (Wildman–Crippen LogP) is 0.0667. The third-order valence-electron chi connectivity index (χ3n) is 2.43. The van der Waals surface area contributed by atoms with Gasteiger partial charge in [-0.1, -0.05) is 0 Å². The topological polar surface area (TPSA) is 57.7 Å². The van der Waals surface area contributed by atoms with Crippen LogP contribution in [0.2, 0.25) is 0 Å². The minimum Gasteiger partial charge on any atom is -0.342 e. The molecule has 1 aliphatic heterocycles. The molecule has 0 spiro atoms. The SMILES string of the molecule is CC(=O)N1CCCN(S(=O)(=O)CCl)CC1. The maximum Gasteiger partial charge on any atom is 0.228 e. The second-order valence-corrected chi connectivity index (χ2v) is 6.03. The molecule has 0 radical (unpaired) electrons. The van der Waals surface area contributed by atoms with E-state index in [1.165, 1.54) is 11.2 Å². The van der Waals surface area contributed by atoms with Crippen molar-refractivity contribution in [2.24, 2.45) is 0 Å². The van der Waals surface area contributed by atoms with Crippen LogP contribution in [-0.4, -0.2) is 54.9 Å². The lowest BCUT2D eigenvalue weighted by Gasteiger charge is -2.19. The molecule has 88 valence electrons. The normalized spacial score (nSPS) is 20.0. The number of carbonyl (C=O) groups excluding carboxylic acids is 1. The van der Waals surface area contributed by atoms with Crippen LogP contribution in [0.3, 0.4) is 0 Å². The molecule has 0 saturated carbocycles. The van der Waals surface area contributed by atoms with Crippen molar-refractivity contribution in [3.63, 3.8) is 0 Å². The minimum absolute atomic E-state index is 0.0138. The first-order valence-electron chi connectivity index (χ1n) is 4.76. The summed E-state index contributed by atoms with van der Waals surface area (Å²) in [5.74, 6) is -0.0138. The Balaban J connectivity index is 2.65. The Bertz CT molecular complexity index is 331. The smallest absolute Gasteiger partial charge is 0.228 e. The van der Waals surface area contributed by atoms with E-state index in [4.69, 9.17) is 11.6 Å². The first-order chi connectivity index (χ1) is 6.97. The highest BCUT2D eigenvalue weighted by molar-refractivity contribution is 7.90. The molecule has 1 heterocycles. The van der Waals surface area contributed by atoms with Gasteiger partial charge in [-0.15, -0.1) is 11.6 Å². The molecule has 0 unspecified atom stereocenters. The van der Waals surface area contributed by atoms with Gasteiger partial charge in [-0.3, -0.25) is 4.79 Å². The molecular formula is C8H15ClN2O3S. The van der Waals surface area contributed by atoms with Crippen LogP contribution in [0.4, 0.5) is 0 Å². The lowest BCUT2D eigenvalue weighted by molar-refractivity contribution is -0.128. The zero-order valence-corrected chi connectivity index (χ0v) is 10.2. The van der Waals surface area contributed by atoms with Gasteiger partial charge in [0.25, 0.3) is 0 Å². The summed E-state index contributed by atoms with van der Waals surface area (Å²) in [7, 11) is -3.33. The molecule has 1 aliphatic rings. The monoisotopic (exact) mass is 254 g/mol. The highest BCUT2D eigenvalue weighted by Crippen LogP contribution is 2.09. The van der Waals surface area contributed by atoms with Crippen molar-refractivity contribution in [2.45, 2.75) is 13.3 Å². The van der Waals surface area contributed by atoms with Gasteiger partial charge in [-0.25, -0.2) is 8.42 Å². The van der Waals surface area contributed by atoms with Crippen molar-refractivity contribution in [3.8, 4) is 0 Å². The van der Waals surface area contributed by atoms with Crippen LogP contribution in [0, 0.1) is 0 Å². The van der Waals surface area contributed by atoms with Crippen LogP contribution >= 0.6 is 11.6 Å². The van der Waals surface area contributed by atoms with Gasteiger partial charge in [-0.05, 0) is 6.42 Å². The lowest BCUT2D eigenvalue weighted by Crippen LogP contribution is -2.36. The molecule has 1 amide bonds. The molecule has 0 aromatic heterocycles. The second-order valence-electron chi connectivity index (χ2n) is 3.48. The van der Waals surface area contributed by atoms with Crippen LogP contribution < -0.4 is 0 Å². The Morgan fingerprint density at radius 1 is 1.27 bits per heavy atom. The van der Waals surface area contributed by atoms with Gasteiger partial charge >= 0.3 is 0 Å². The summed E-state index contributed by atoms with van der Waals surface area (Å²) in [6.45, 7) is 3.34. The minimum atomic E-state index is -3.33. The van der Waals surface area contributed by atoms with Crippen molar-refractivity contribution >= 4 is 27.5 Å². The lowest BCUT2D eigenvalue weighted by atomic mass is 10.4. The van der Waals surface area contributed by atoms with E-state index < -0.39 is 15.2 Å². The molecule has 1 rings (SSSR count). The van der Waals surface area contributed by atoms with E-state index in [9.17, 15) is 13.2 Å². The Morgan fingerprint density at radius 2 is 1.93 bits per heavy atom. The third kappa shape index (κ3) is 3.32. The number of rotatable bonds is 2. The van der Waals surface area contributed by atoms with E-state index >= 15 is 0 Å². The third-order valence-corrected chi connectivity index (χ3v) is 4.69. The summed E-state index contributed by atoms with van der Waals surface area (Å²) in [6, 6.07) is 0. The van der Waals surface area contributed by atoms with Crippen molar-refractivity contribution in [3.05, 3.63) is 0 Å². The number of halogens is 1. The number of amides is 1. The van der Waals surface area contributed by atoms with Gasteiger partial charge in [0, 0.05) is 33.1 Å². The standard InChI is InChI=1S/C8H15ClN2O3S/c1-8(12)10-3-2-4-11(6-5-10)15(13,14)7-9/h2-7H2,1H3. The van der Waals surface area contributed by atoms with Crippen LogP contribution in [0.25, 0.3) is 0 Å². The van der Waals surface area contributed by atoms with Gasteiger partial charge in [0.15, 0.2) is 0 Å². The van der Waals surface area contributed by atoms with Crippen LogP contribution in [0.1, 0.15) is 13.3 Å². The Hall–Kier alpha value is -0.330. The maximum absolute atomic E-state index is 11.5. The number of sulfonamides is 1. The summed E-state index contributed by atoms with van der Waals surface area (Å²) in [5, 5.41) is -0.396. The van der Waals surface area contributed by atoms with Crippen LogP contribution in [-0.2, 0) is 14.8 Å². The van der Waals surface area contributed by atoms with E-state index in [-0.39, 0.29) is 5.91 Å². The van der Waals surface area contributed by atoms with Gasteiger partial charge in [-0.2, -0.15) is 4.31 Å². The molecular weight excluding hydrogens is 240 g/mol. The average molecular weight is 255 g/mol. The zero-order valence-electron chi connectivity index (χ0n) is 8.65. The molecule has 0 bridgehead atoms. The highest BCUT2D eigenvalue weighted by atomic mass is 35.5. The van der Waals surface area contributed by atoms with E-state index in [0.29, 0.717) is 32.6 Å². The molecule has 7 heteroatoms. The average Bonchev–Trinajstić information content (AvgIpc) is 2.43. The second kappa shape index (κ2) is 5.14.